The van der Waals surface area contributed by atoms with E-state index >= 15 is 0 Å². The average Bonchev–Trinajstić information content (AvgIpc) is 2.69. The zero-order chi connectivity index (χ0) is 19.4. The summed E-state index contributed by atoms with van der Waals surface area (Å²) in [6, 6.07) is 13.6. The summed E-state index contributed by atoms with van der Waals surface area (Å²) >= 11 is 3.48. The Morgan fingerprint density at radius 3 is 2.56 bits per heavy atom. The van der Waals surface area contributed by atoms with Gasteiger partial charge in [-0.25, -0.2) is 9.59 Å². The zero-order valence-electron chi connectivity index (χ0n) is 14.9. The summed E-state index contributed by atoms with van der Waals surface area (Å²) in [5, 5.41) is 5.54. The lowest BCUT2D eigenvalue weighted by molar-refractivity contribution is -0.136. The van der Waals surface area contributed by atoms with E-state index in [1.54, 1.807) is 6.07 Å². The molecular weight excluding hydrogens is 412 g/mol. The number of halogens is 1. The molecule has 0 aromatic heterocycles. The van der Waals surface area contributed by atoms with E-state index < -0.39 is 18.0 Å². The fraction of sp³-hybridized carbons (Fsp3) is 0.200. The maximum absolute atomic E-state index is 12.6. The van der Waals surface area contributed by atoms with Crippen LogP contribution in [0.5, 0.6) is 5.75 Å². The smallest absolute Gasteiger partial charge is 0.338 e. The summed E-state index contributed by atoms with van der Waals surface area (Å²) in [5.41, 5.74) is 2.22. The van der Waals surface area contributed by atoms with Gasteiger partial charge in [-0.3, -0.25) is 0 Å². The van der Waals surface area contributed by atoms with E-state index in [1.165, 1.54) is 7.11 Å². The second-order valence-electron chi connectivity index (χ2n) is 5.80. The number of methoxy groups -OCH3 is 1. The minimum Gasteiger partial charge on any atom is -0.493 e. The van der Waals surface area contributed by atoms with Gasteiger partial charge in [0.25, 0.3) is 0 Å². The van der Waals surface area contributed by atoms with Crippen molar-refractivity contribution in [3.63, 3.8) is 0 Å². The second kappa shape index (κ2) is 8.26. The van der Waals surface area contributed by atoms with Crippen LogP contribution in [0.3, 0.4) is 0 Å². The molecule has 0 saturated carbocycles. The Balaban J connectivity index is 2.13. The molecule has 0 aliphatic carbocycles. The van der Waals surface area contributed by atoms with E-state index in [4.69, 9.17) is 9.47 Å². The lowest BCUT2D eigenvalue weighted by atomic mass is 9.92. The van der Waals surface area contributed by atoms with Crippen molar-refractivity contribution < 1.29 is 19.1 Å². The van der Waals surface area contributed by atoms with Crippen molar-refractivity contribution in [2.45, 2.75) is 13.0 Å². The van der Waals surface area contributed by atoms with Gasteiger partial charge in [0.1, 0.15) is 5.75 Å². The fourth-order valence-electron chi connectivity index (χ4n) is 2.95. The molecule has 2 N–H and O–H groups in total. The van der Waals surface area contributed by atoms with Gasteiger partial charge < -0.3 is 20.1 Å². The van der Waals surface area contributed by atoms with Gasteiger partial charge in [0.05, 0.1) is 35.5 Å². The van der Waals surface area contributed by atoms with Crippen LogP contribution < -0.4 is 15.4 Å². The number of ether oxygens (including phenoxy) is 2. The molecule has 2 aromatic carbocycles. The van der Waals surface area contributed by atoms with Crippen LogP contribution in [0.25, 0.3) is 5.70 Å². The van der Waals surface area contributed by atoms with Crippen LogP contribution in [0.15, 0.2) is 58.6 Å². The monoisotopic (exact) mass is 430 g/mol. The van der Waals surface area contributed by atoms with Crippen molar-refractivity contribution in [3.05, 3.63) is 69.7 Å². The maximum Gasteiger partial charge on any atom is 0.338 e. The first-order chi connectivity index (χ1) is 13.0. The number of rotatable bonds is 5. The molecule has 0 bridgehead atoms. The van der Waals surface area contributed by atoms with Gasteiger partial charge >= 0.3 is 12.0 Å². The molecule has 1 aliphatic heterocycles. The van der Waals surface area contributed by atoms with Crippen molar-refractivity contribution in [3.8, 4) is 5.75 Å². The molecule has 6 nitrogen and oxygen atoms in total. The van der Waals surface area contributed by atoms with Crippen LogP contribution in [0.1, 0.15) is 24.1 Å². The lowest BCUT2D eigenvalue weighted by Crippen LogP contribution is -2.45. The Bertz CT molecular complexity index is 896. The van der Waals surface area contributed by atoms with E-state index in [0.717, 1.165) is 15.6 Å². The molecule has 0 spiro atoms. The predicted octanol–water partition coefficient (Wildman–Crippen LogP) is 3.79. The molecule has 0 fully saturated rings. The molecule has 3 rings (SSSR count). The van der Waals surface area contributed by atoms with Crippen molar-refractivity contribution in [2.75, 3.05) is 13.7 Å². The van der Waals surface area contributed by atoms with E-state index in [2.05, 4.69) is 26.6 Å². The highest BCUT2D eigenvalue weighted by Gasteiger charge is 2.34. The molecule has 0 saturated heterocycles. The van der Waals surface area contributed by atoms with E-state index in [1.807, 2.05) is 49.4 Å². The lowest BCUT2D eigenvalue weighted by Gasteiger charge is -2.29. The Morgan fingerprint density at radius 2 is 1.93 bits per heavy atom. The SMILES string of the molecule is CCOc1ccc(C2NC(=O)NC(c3ccccc3)=C2C(=O)OC)cc1Br. The van der Waals surface area contributed by atoms with Gasteiger partial charge in [0, 0.05) is 0 Å². The Hall–Kier alpha value is -2.80. The number of nitrogens with one attached hydrogen (secondary N) is 2. The van der Waals surface area contributed by atoms with Crippen LogP contribution in [-0.4, -0.2) is 25.7 Å². The second-order valence-corrected chi connectivity index (χ2v) is 6.65. The number of benzene rings is 2. The zero-order valence-corrected chi connectivity index (χ0v) is 16.5. The molecular formula is C20H19BrN2O4. The van der Waals surface area contributed by atoms with Crippen LogP contribution in [-0.2, 0) is 9.53 Å². The van der Waals surface area contributed by atoms with Gasteiger partial charge in [-0.2, -0.15) is 0 Å². The van der Waals surface area contributed by atoms with Crippen molar-refractivity contribution in [1.82, 2.24) is 10.6 Å². The fourth-order valence-corrected chi connectivity index (χ4v) is 3.46. The summed E-state index contributed by atoms with van der Waals surface area (Å²) in [5.74, 6) is 0.171. The number of hydrogen-bond acceptors (Lipinski definition) is 4. The summed E-state index contributed by atoms with van der Waals surface area (Å²) in [7, 11) is 1.32. The van der Waals surface area contributed by atoms with E-state index in [9.17, 15) is 9.59 Å². The molecule has 7 heteroatoms. The number of hydrogen-bond donors (Lipinski definition) is 2. The molecule has 0 radical (unpaired) electrons. The number of amides is 2. The number of urea groups is 1. The Morgan fingerprint density at radius 1 is 1.19 bits per heavy atom. The van der Waals surface area contributed by atoms with Crippen LogP contribution in [0, 0.1) is 0 Å². The number of carbonyl (C=O) groups excluding carboxylic acids is 2. The van der Waals surface area contributed by atoms with Crippen molar-refractivity contribution >= 4 is 33.6 Å². The van der Waals surface area contributed by atoms with Crippen LogP contribution in [0.4, 0.5) is 4.79 Å². The number of esters is 1. The molecule has 1 unspecified atom stereocenters. The first kappa shape index (κ1) is 19.0. The van der Waals surface area contributed by atoms with E-state index in [0.29, 0.717) is 23.6 Å². The minimum atomic E-state index is -0.659. The maximum atomic E-state index is 12.6. The van der Waals surface area contributed by atoms with Crippen molar-refractivity contribution in [2.24, 2.45) is 0 Å². The summed E-state index contributed by atoms with van der Waals surface area (Å²) < 4.78 is 11.3. The molecule has 1 heterocycles. The number of carbonyl (C=O) groups is 2. The topological polar surface area (TPSA) is 76.7 Å². The van der Waals surface area contributed by atoms with E-state index in [-0.39, 0.29) is 0 Å². The first-order valence-electron chi connectivity index (χ1n) is 8.42. The normalized spacial score (nSPS) is 16.4. The standard InChI is InChI=1S/C20H19BrN2O4/c1-3-27-15-10-9-13(11-14(15)21)18-16(19(24)26-2)17(22-20(25)23-18)12-7-5-4-6-8-12/h4-11,18H,3H2,1-2H3,(H2,22,23,25). The summed E-state index contributed by atoms with van der Waals surface area (Å²) in [6.07, 6.45) is 0. The molecule has 140 valence electrons. The molecule has 1 atom stereocenters. The van der Waals surface area contributed by atoms with Crippen LogP contribution >= 0.6 is 15.9 Å². The predicted molar refractivity (Wildman–Crippen MR) is 105 cm³/mol. The van der Waals surface area contributed by atoms with Gasteiger partial charge in [0.2, 0.25) is 0 Å². The highest BCUT2D eigenvalue weighted by atomic mass is 79.9. The molecule has 2 amide bonds. The summed E-state index contributed by atoms with van der Waals surface area (Å²) in [6.45, 7) is 2.44. The molecule has 27 heavy (non-hydrogen) atoms. The molecule has 2 aromatic rings. The van der Waals surface area contributed by atoms with Crippen LogP contribution in [0.2, 0.25) is 0 Å². The average molecular weight is 431 g/mol. The van der Waals surface area contributed by atoms with Gasteiger partial charge in [-0.15, -0.1) is 0 Å². The highest BCUT2D eigenvalue weighted by molar-refractivity contribution is 9.10. The largest absolute Gasteiger partial charge is 0.493 e. The first-order valence-corrected chi connectivity index (χ1v) is 9.22. The highest BCUT2D eigenvalue weighted by Crippen LogP contribution is 2.35. The third-order valence-electron chi connectivity index (χ3n) is 4.13. The third kappa shape index (κ3) is 3.98. The minimum absolute atomic E-state index is 0.333. The Kier molecular flexibility index (Phi) is 5.81. The third-order valence-corrected chi connectivity index (χ3v) is 4.75. The van der Waals surface area contributed by atoms with Gasteiger partial charge in [0.15, 0.2) is 0 Å². The van der Waals surface area contributed by atoms with Gasteiger partial charge in [-0.1, -0.05) is 36.4 Å². The quantitative estimate of drug-likeness (QED) is 0.707. The van der Waals surface area contributed by atoms with Gasteiger partial charge in [-0.05, 0) is 46.1 Å². The summed E-state index contributed by atoms with van der Waals surface area (Å²) in [4.78, 5) is 24.9. The molecule has 1 aliphatic rings. The Labute approximate surface area is 165 Å². The van der Waals surface area contributed by atoms with Crippen molar-refractivity contribution in [1.29, 1.82) is 0 Å².